The van der Waals surface area contributed by atoms with Crippen molar-refractivity contribution in [3.8, 4) is 11.1 Å². The molecule has 2 N–H and O–H groups in total. The molecule has 3 amide bonds. The number of tetrazole rings is 1. The summed E-state index contributed by atoms with van der Waals surface area (Å²) in [5.41, 5.74) is 2.02. The van der Waals surface area contributed by atoms with Crippen LogP contribution in [0.5, 0.6) is 0 Å². The zero-order valence-corrected chi connectivity index (χ0v) is 19.4. The van der Waals surface area contributed by atoms with Crippen molar-refractivity contribution in [2.75, 3.05) is 18.0 Å². The number of carbonyl (C=O) groups is 3. The van der Waals surface area contributed by atoms with E-state index in [1.54, 1.807) is 43.4 Å². The molecular weight excluding hydrogens is 457 g/mol. The fourth-order valence-electron chi connectivity index (χ4n) is 3.77. The molecule has 1 aliphatic rings. The van der Waals surface area contributed by atoms with E-state index in [0.29, 0.717) is 28.2 Å². The summed E-state index contributed by atoms with van der Waals surface area (Å²) in [5.74, 6) is -0.659. The highest BCUT2D eigenvalue weighted by Crippen LogP contribution is 2.30. The van der Waals surface area contributed by atoms with Crippen LogP contribution in [0.2, 0.25) is 0 Å². The Morgan fingerprint density at radius 3 is 2.51 bits per heavy atom. The first-order valence-electron chi connectivity index (χ1n) is 10.8. The van der Waals surface area contributed by atoms with Crippen LogP contribution in [0.15, 0.2) is 42.5 Å². The molecule has 0 saturated carbocycles. The lowest BCUT2D eigenvalue weighted by atomic mass is 9.99. The number of rotatable bonds is 7. The second-order valence-electron chi connectivity index (χ2n) is 8.11. The molecule has 2 atom stereocenters. The lowest BCUT2D eigenvalue weighted by Crippen LogP contribution is -2.33. The molecule has 2 heterocycles. The van der Waals surface area contributed by atoms with Gasteiger partial charge in [0.05, 0.1) is 25.8 Å². The maximum atomic E-state index is 15.0. The van der Waals surface area contributed by atoms with Crippen molar-refractivity contribution in [1.82, 2.24) is 30.8 Å². The van der Waals surface area contributed by atoms with Gasteiger partial charge in [-0.3, -0.25) is 14.5 Å². The van der Waals surface area contributed by atoms with Crippen molar-refractivity contribution in [1.29, 1.82) is 0 Å². The molecule has 12 heteroatoms. The number of hydrogen-bond acceptors (Lipinski definition) is 7. The van der Waals surface area contributed by atoms with Crippen LogP contribution in [0, 0.1) is 5.82 Å². The first kappa shape index (κ1) is 23.8. The summed E-state index contributed by atoms with van der Waals surface area (Å²) >= 11 is 0. The fourth-order valence-corrected chi connectivity index (χ4v) is 3.77. The third kappa shape index (κ3) is 5.42. The highest BCUT2D eigenvalue weighted by atomic mass is 19.1. The molecule has 0 bridgehead atoms. The van der Waals surface area contributed by atoms with Gasteiger partial charge < -0.3 is 15.4 Å². The van der Waals surface area contributed by atoms with Crippen molar-refractivity contribution in [3.63, 3.8) is 0 Å². The average Bonchev–Trinajstić information content (AvgIpc) is 3.41. The number of aromatic nitrogens is 4. The maximum Gasteiger partial charge on any atom is 0.414 e. The molecule has 3 aromatic rings. The van der Waals surface area contributed by atoms with E-state index in [2.05, 4.69) is 26.0 Å². The van der Waals surface area contributed by atoms with Gasteiger partial charge in [-0.25, -0.2) is 9.18 Å². The minimum absolute atomic E-state index is 0.189. The summed E-state index contributed by atoms with van der Waals surface area (Å²) in [7, 11) is 1.63. The van der Waals surface area contributed by atoms with Gasteiger partial charge in [0.1, 0.15) is 18.0 Å². The zero-order valence-electron chi connectivity index (χ0n) is 19.4. The van der Waals surface area contributed by atoms with Gasteiger partial charge in [0.25, 0.3) is 0 Å². The number of nitrogens with zero attached hydrogens (tertiary/aromatic N) is 5. The molecular formula is C23H24FN7O4. The smallest absolute Gasteiger partial charge is 0.414 e. The predicted molar refractivity (Wildman–Crippen MR) is 123 cm³/mol. The first-order chi connectivity index (χ1) is 16.7. The molecule has 1 fully saturated rings. The van der Waals surface area contributed by atoms with E-state index < -0.39 is 24.1 Å². The van der Waals surface area contributed by atoms with Crippen molar-refractivity contribution in [2.45, 2.75) is 26.0 Å². The molecule has 0 aliphatic carbocycles. The SMILES string of the molecule is CC(=O)NC[C@H]1CN(c2ccc(-c3ccc(C(NC(C)=O)c4nnn(C)n4)cc3)c(F)c2)C(=O)O1. The highest BCUT2D eigenvalue weighted by molar-refractivity contribution is 5.90. The van der Waals surface area contributed by atoms with Crippen molar-refractivity contribution in [2.24, 2.45) is 7.05 Å². The Bertz CT molecular complexity index is 1260. The van der Waals surface area contributed by atoms with Gasteiger partial charge >= 0.3 is 6.09 Å². The van der Waals surface area contributed by atoms with Gasteiger partial charge in [-0.15, -0.1) is 10.2 Å². The Kier molecular flexibility index (Phi) is 6.71. The molecule has 182 valence electrons. The van der Waals surface area contributed by atoms with E-state index in [1.807, 2.05) is 0 Å². The minimum Gasteiger partial charge on any atom is -0.442 e. The van der Waals surface area contributed by atoms with Gasteiger partial charge in [-0.05, 0) is 34.5 Å². The summed E-state index contributed by atoms with van der Waals surface area (Å²) in [6.07, 6.45) is -1.11. The lowest BCUT2D eigenvalue weighted by molar-refractivity contribution is -0.120. The van der Waals surface area contributed by atoms with Crippen molar-refractivity contribution < 1.29 is 23.5 Å². The Balaban J connectivity index is 1.52. The summed E-state index contributed by atoms with van der Waals surface area (Å²) in [5, 5.41) is 17.4. The number of aryl methyl sites for hydroxylation is 1. The Morgan fingerprint density at radius 2 is 1.91 bits per heavy atom. The van der Waals surface area contributed by atoms with E-state index in [0.717, 1.165) is 0 Å². The largest absolute Gasteiger partial charge is 0.442 e. The molecule has 4 rings (SSSR count). The van der Waals surface area contributed by atoms with Gasteiger partial charge in [0.15, 0.2) is 0 Å². The van der Waals surface area contributed by atoms with Crippen LogP contribution >= 0.6 is 0 Å². The Labute approximate surface area is 200 Å². The van der Waals surface area contributed by atoms with E-state index in [4.69, 9.17) is 4.74 Å². The Morgan fingerprint density at radius 1 is 1.17 bits per heavy atom. The van der Waals surface area contributed by atoms with Crippen LogP contribution < -0.4 is 15.5 Å². The van der Waals surface area contributed by atoms with Crippen LogP contribution in [0.3, 0.4) is 0 Å². The fraction of sp³-hybridized carbons (Fsp3) is 0.304. The van der Waals surface area contributed by atoms with Crippen LogP contribution in [0.25, 0.3) is 11.1 Å². The van der Waals surface area contributed by atoms with Gasteiger partial charge in [0, 0.05) is 19.4 Å². The number of ether oxygens (including phenoxy) is 1. The normalized spacial score (nSPS) is 16.1. The third-order valence-electron chi connectivity index (χ3n) is 5.40. The van der Waals surface area contributed by atoms with Gasteiger partial charge in [0.2, 0.25) is 17.6 Å². The van der Waals surface area contributed by atoms with Crippen molar-refractivity contribution >= 4 is 23.6 Å². The van der Waals surface area contributed by atoms with Crippen molar-refractivity contribution in [3.05, 3.63) is 59.7 Å². The Hall–Kier alpha value is -4.35. The number of anilines is 1. The number of hydrogen-bond donors (Lipinski definition) is 2. The monoisotopic (exact) mass is 481 g/mol. The molecule has 0 radical (unpaired) electrons. The first-order valence-corrected chi connectivity index (χ1v) is 10.8. The van der Waals surface area contributed by atoms with E-state index in [9.17, 15) is 14.4 Å². The molecule has 2 aromatic carbocycles. The molecule has 1 aliphatic heterocycles. The molecule has 0 spiro atoms. The molecule has 1 saturated heterocycles. The quantitative estimate of drug-likeness (QED) is 0.525. The average molecular weight is 481 g/mol. The topological polar surface area (TPSA) is 131 Å². The van der Waals surface area contributed by atoms with Crippen LogP contribution in [0.1, 0.15) is 31.3 Å². The number of halogens is 1. The van der Waals surface area contributed by atoms with Gasteiger partial charge in [-0.2, -0.15) is 4.80 Å². The summed E-state index contributed by atoms with van der Waals surface area (Å²) in [4.78, 5) is 37.6. The minimum atomic E-state index is -0.603. The summed E-state index contributed by atoms with van der Waals surface area (Å²) in [6, 6.07) is 10.9. The number of carbonyl (C=O) groups excluding carboxylic acids is 3. The summed E-state index contributed by atoms with van der Waals surface area (Å²) < 4.78 is 20.3. The summed E-state index contributed by atoms with van der Waals surface area (Å²) in [6.45, 7) is 3.16. The van der Waals surface area contributed by atoms with Crippen LogP contribution in [-0.2, 0) is 21.4 Å². The van der Waals surface area contributed by atoms with Crippen LogP contribution in [-0.4, -0.2) is 57.3 Å². The zero-order chi connectivity index (χ0) is 25.1. The molecule has 11 nitrogen and oxygen atoms in total. The molecule has 35 heavy (non-hydrogen) atoms. The van der Waals surface area contributed by atoms with E-state index >= 15 is 4.39 Å². The number of benzene rings is 2. The van der Waals surface area contributed by atoms with Gasteiger partial charge in [-0.1, -0.05) is 24.3 Å². The van der Waals surface area contributed by atoms with E-state index in [1.165, 1.54) is 29.6 Å². The predicted octanol–water partition coefficient (Wildman–Crippen LogP) is 1.70. The number of amides is 3. The molecule has 1 unspecified atom stereocenters. The third-order valence-corrected chi connectivity index (χ3v) is 5.40. The van der Waals surface area contributed by atoms with Crippen LogP contribution in [0.4, 0.5) is 14.9 Å². The highest BCUT2D eigenvalue weighted by Gasteiger charge is 2.32. The number of cyclic esters (lactones) is 1. The maximum absolute atomic E-state index is 15.0. The lowest BCUT2D eigenvalue weighted by Gasteiger charge is -2.16. The van der Waals surface area contributed by atoms with E-state index in [-0.39, 0.29) is 24.9 Å². The molecule has 1 aromatic heterocycles. The second-order valence-corrected chi connectivity index (χ2v) is 8.11. The standard InChI is InChI=1S/C23H24FN7O4/c1-13(32)25-11-18-12-31(23(34)35-18)17-8-9-19(20(24)10-17)15-4-6-16(7-5-15)21(26-14(2)33)22-27-29-30(3)28-22/h4-10,18,21H,11-12H2,1-3H3,(H,25,32)(H,26,33)/t18-,21?/m0/s1. The second kappa shape index (κ2) is 9.87. The number of nitrogens with one attached hydrogen (secondary N) is 2.